The zero-order valence-electron chi connectivity index (χ0n) is 15.1. The van der Waals surface area contributed by atoms with Gasteiger partial charge in [-0.2, -0.15) is 5.10 Å². The van der Waals surface area contributed by atoms with Crippen LogP contribution in [0.5, 0.6) is 5.75 Å². The second-order valence-electron chi connectivity index (χ2n) is 5.77. The molecule has 0 aliphatic rings. The topological polar surface area (TPSA) is 79.8 Å². The minimum atomic E-state index is -0.809. The SMILES string of the molecule is CCCCNC(=O)C(=O)N/N=C\c1ccc(OCc2ccccc2)c(Cl)c1. The van der Waals surface area contributed by atoms with Gasteiger partial charge in [0.2, 0.25) is 0 Å². The molecule has 0 saturated carbocycles. The molecule has 0 aliphatic heterocycles. The molecule has 0 bridgehead atoms. The molecule has 0 heterocycles. The van der Waals surface area contributed by atoms with Gasteiger partial charge in [-0.3, -0.25) is 9.59 Å². The summed E-state index contributed by atoms with van der Waals surface area (Å²) in [7, 11) is 0. The lowest BCUT2D eigenvalue weighted by molar-refractivity contribution is -0.139. The van der Waals surface area contributed by atoms with E-state index in [1.807, 2.05) is 37.3 Å². The standard InChI is InChI=1S/C20H22ClN3O3/c1-2-3-11-22-19(25)20(26)24-23-13-16-9-10-18(17(21)12-16)27-14-15-7-5-4-6-8-15/h4-10,12-13H,2-3,11,14H2,1H3,(H,22,25)(H,24,26)/b23-13-. The van der Waals surface area contributed by atoms with E-state index in [1.165, 1.54) is 6.21 Å². The molecule has 2 aromatic rings. The van der Waals surface area contributed by atoms with Crippen LogP contribution in [-0.4, -0.2) is 24.6 Å². The third-order valence-corrected chi connectivity index (χ3v) is 3.89. The van der Waals surface area contributed by atoms with Crippen molar-refractivity contribution in [3.63, 3.8) is 0 Å². The molecule has 0 aliphatic carbocycles. The lowest BCUT2D eigenvalue weighted by Crippen LogP contribution is -2.38. The lowest BCUT2D eigenvalue weighted by Gasteiger charge is -2.08. The number of halogens is 1. The second-order valence-corrected chi connectivity index (χ2v) is 6.18. The highest BCUT2D eigenvalue weighted by molar-refractivity contribution is 6.35. The summed E-state index contributed by atoms with van der Waals surface area (Å²) in [6.45, 7) is 2.88. The molecule has 0 aromatic heterocycles. The zero-order valence-corrected chi connectivity index (χ0v) is 15.8. The van der Waals surface area contributed by atoms with Crippen molar-refractivity contribution in [1.82, 2.24) is 10.7 Å². The van der Waals surface area contributed by atoms with Crippen LogP contribution in [0.25, 0.3) is 0 Å². The monoisotopic (exact) mass is 387 g/mol. The molecule has 6 nitrogen and oxygen atoms in total. The zero-order chi connectivity index (χ0) is 19.5. The highest BCUT2D eigenvalue weighted by Crippen LogP contribution is 2.25. The van der Waals surface area contributed by atoms with E-state index in [0.717, 1.165) is 18.4 Å². The van der Waals surface area contributed by atoms with Crippen molar-refractivity contribution in [1.29, 1.82) is 0 Å². The fourth-order valence-electron chi connectivity index (χ4n) is 2.12. The van der Waals surface area contributed by atoms with Gasteiger partial charge in [0.05, 0.1) is 11.2 Å². The smallest absolute Gasteiger partial charge is 0.329 e. The molecule has 2 amide bonds. The van der Waals surface area contributed by atoms with Crippen LogP contribution in [-0.2, 0) is 16.2 Å². The Morgan fingerprint density at radius 1 is 1.15 bits per heavy atom. The Hall–Kier alpha value is -2.86. The molecule has 2 N–H and O–H groups in total. The van der Waals surface area contributed by atoms with Gasteiger partial charge in [-0.1, -0.05) is 55.3 Å². The number of ether oxygens (including phenoxy) is 1. The van der Waals surface area contributed by atoms with Crippen LogP contribution < -0.4 is 15.5 Å². The first-order valence-electron chi connectivity index (χ1n) is 8.67. The molecular weight excluding hydrogens is 366 g/mol. The number of amides is 2. The van der Waals surface area contributed by atoms with Crippen LogP contribution in [0.1, 0.15) is 30.9 Å². The Labute approximate surface area is 163 Å². The minimum absolute atomic E-state index is 0.414. The van der Waals surface area contributed by atoms with Crippen molar-refractivity contribution in [3.05, 3.63) is 64.7 Å². The van der Waals surface area contributed by atoms with Crippen molar-refractivity contribution >= 4 is 29.6 Å². The first-order chi connectivity index (χ1) is 13.1. The molecule has 0 unspecified atom stereocenters. The Bertz CT molecular complexity index is 794. The van der Waals surface area contributed by atoms with E-state index in [9.17, 15) is 9.59 Å². The first kappa shape index (κ1) is 20.5. The van der Waals surface area contributed by atoms with Crippen LogP contribution in [0.3, 0.4) is 0 Å². The molecule has 0 fully saturated rings. The molecular formula is C20H22ClN3O3. The van der Waals surface area contributed by atoms with E-state index in [1.54, 1.807) is 18.2 Å². The normalized spacial score (nSPS) is 10.6. The number of carbonyl (C=O) groups excluding carboxylic acids is 2. The van der Waals surface area contributed by atoms with Crippen LogP contribution in [0, 0.1) is 0 Å². The maximum Gasteiger partial charge on any atom is 0.329 e. The number of nitrogens with one attached hydrogen (secondary N) is 2. The number of unbranched alkanes of at least 4 members (excludes halogenated alkanes) is 1. The molecule has 27 heavy (non-hydrogen) atoms. The summed E-state index contributed by atoms with van der Waals surface area (Å²) >= 11 is 6.22. The van der Waals surface area contributed by atoms with Gasteiger partial charge in [-0.25, -0.2) is 5.43 Å². The third kappa shape index (κ3) is 7.11. The van der Waals surface area contributed by atoms with Gasteiger partial charge in [0.1, 0.15) is 12.4 Å². The molecule has 142 valence electrons. The number of benzene rings is 2. The summed E-state index contributed by atoms with van der Waals surface area (Å²) < 4.78 is 5.70. The summed E-state index contributed by atoms with van der Waals surface area (Å²) in [6.07, 6.45) is 3.16. The van der Waals surface area contributed by atoms with Gasteiger partial charge in [-0.05, 0) is 35.7 Å². The van der Waals surface area contributed by atoms with Gasteiger partial charge in [0.15, 0.2) is 0 Å². The fraction of sp³-hybridized carbons (Fsp3) is 0.250. The Morgan fingerprint density at radius 2 is 1.93 bits per heavy atom. The highest BCUT2D eigenvalue weighted by atomic mass is 35.5. The van der Waals surface area contributed by atoms with E-state index in [-0.39, 0.29) is 0 Å². The van der Waals surface area contributed by atoms with Crippen molar-refractivity contribution in [3.8, 4) is 5.75 Å². The molecule has 7 heteroatoms. The number of hydrogen-bond acceptors (Lipinski definition) is 4. The minimum Gasteiger partial charge on any atom is -0.487 e. The predicted octanol–water partition coefficient (Wildman–Crippen LogP) is 3.29. The van der Waals surface area contributed by atoms with Gasteiger partial charge < -0.3 is 10.1 Å². The average Bonchev–Trinajstić information content (AvgIpc) is 2.68. The predicted molar refractivity (Wildman–Crippen MR) is 106 cm³/mol. The van der Waals surface area contributed by atoms with E-state index >= 15 is 0 Å². The van der Waals surface area contributed by atoms with Crippen molar-refractivity contribution in [2.75, 3.05) is 6.54 Å². The van der Waals surface area contributed by atoms with Crippen molar-refractivity contribution in [2.45, 2.75) is 26.4 Å². The molecule has 0 saturated heterocycles. The largest absolute Gasteiger partial charge is 0.487 e. The lowest BCUT2D eigenvalue weighted by atomic mass is 10.2. The van der Waals surface area contributed by atoms with E-state index in [4.69, 9.17) is 16.3 Å². The summed E-state index contributed by atoms with van der Waals surface area (Å²) in [4.78, 5) is 23.1. The Morgan fingerprint density at radius 3 is 2.63 bits per heavy atom. The van der Waals surface area contributed by atoms with Gasteiger partial charge >= 0.3 is 11.8 Å². The first-order valence-corrected chi connectivity index (χ1v) is 9.05. The Balaban J connectivity index is 1.84. The highest BCUT2D eigenvalue weighted by Gasteiger charge is 2.11. The van der Waals surface area contributed by atoms with Crippen LogP contribution in [0.2, 0.25) is 5.02 Å². The van der Waals surface area contributed by atoms with Crippen molar-refractivity contribution in [2.24, 2.45) is 5.10 Å². The summed E-state index contributed by atoms with van der Waals surface area (Å²) in [5.74, 6) is -0.962. The van der Waals surface area contributed by atoms with E-state index in [0.29, 0.717) is 29.5 Å². The quantitative estimate of drug-likeness (QED) is 0.315. The number of hydrogen-bond donors (Lipinski definition) is 2. The summed E-state index contributed by atoms with van der Waals surface area (Å²) in [5.41, 5.74) is 3.89. The fourth-order valence-corrected chi connectivity index (χ4v) is 2.37. The van der Waals surface area contributed by atoms with E-state index in [2.05, 4.69) is 15.8 Å². The number of carbonyl (C=O) groups is 2. The number of hydrazone groups is 1. The molecule has 2 rings (SSSR count). The number of nitrogens with zero attached hydrogens (tertiary/aromatic N) is 1. The van der Waals surface area contributed by atoms with Crippen LogP contribution >= 0.6 is 11.6 Å². The maximum atomic E-state index is 11.6. The third-order valence-electron chi connectivity index (χ3n) is 3.59. The molecule has 0 radical (unpaired) electrons. The molecule has 0 atom stereocenters. The van der Waals surface area contributed by atoms with E-state index < -0.39 is 11.8 Å². The van der Waals surface area contributed by atoms with Crippen LogP contribution in [0.15, 0.2) is 53.6 Å². The average molecular weight is 388 g/mol. The summed E-state index contributed by atoms with van der Waals surface area (Å²) in [6, 6.07) is 14.9. The van der Waals surface area contributed by atoms with Crippen LogP contribution in [0.4, 0.5) is 0 Å². The van der Waals surface area contributed by atoms with Crippen molar-refractivity contribution < 1.29 is 14.3 Å². The maximum absolute atomic E-state index is 11.6. The molecule has 2 aromatic carbocycles. The summed E-state index contributed by atoms with van der Waals surface area (Å²) in [5, 5.41) is 6.71. The second kappa shape index (κ2) is 11.0. The van der Waals surface area contributed by atoms with Gasteiger partial charge in [0, 0.05) is 6.54 Å². The molecule has 0 spiro atoms. The Kier molecular flexibility index (Phi) is 8.32. The van der Waals surface area contributed by atoms with Gasteiger partial charge in [-0.15, -0.1) is 0 Å². The van der Waals surface area contributed by atoms with Gasteiger partial charge in [0.25, 0.3) is 0 Å². The number of rotatable bonds is 8.